The van der Waals surface area contributed by atoms with Crippen LogP contribution in [0.25, 0.3) is 105 Å². The second-order valence-corrected chi connectivity index (χ2v) is 12.8. The van der Waals surface area contributed by atoms with Gasteiger partial charge in [-0.15, -0.1) is 0 Å². The van der Waals surface area contributed by atoms with Crippen LogP contribution in [0.3, 0.4) is 0 Å². The van der Waals surface area contributed by atoms with Gasteiger partial charge in [0.15, 0.2) is 23.1 Å². The normalized spacial score (nSPS) is 12.0. The highest BCUT2D eigenvalue weighted by Gasteiger charge is 2.25. The first-order valence-corrected chi connectivity index (χ1v) is 16.8. The highest BCUT2D eigenvalue weighted by atomic mass is 16.3. The summed E-state index contributed by atoms with van der Waals surface area (Å²) in [4.78, 5) is 14.9. The molecule has 4 heterocycles. The summed E-state index contributed by atoms with van der Waals surface area (Å²) in [5.41, 5.74) is 10.1. The third-order valence-corrected chi connectivity index (χ3v) is 9.95. The maximum absolute atomic E-state index is 7.02. The Labute approximate surface area is 286 Å². The second kappa shape index (κ2) is 10.3. The average molecular weight is 639 g/mol. The molecule has 0 spiro atoms. The fourth-order valence-corrected chi connectivity index (χ4v) is 7.76. The summed E-state index contributed by atoms with van der Waals surface area (Å²) >= 11 is 0. The molecular formula is C45H26N4O. The van der Waals surface area contributed by atoms with Gasteiger partial charge in [-0.3, -0.25) is 0 Å². The van der Waals surface area contributed by atoms with Crippen LogP contribution in [-0.4, -0.2) is 19.4 Å². The molecule has 7 aromatic carbocycles. The molecule has 5 heteroatoms. The Kier molecular flexibility index (Phi) is 5.60. The molecule has 0 fully saturated rings. The average Bonchev–Trinajstić information content (AvgIpc) is 3.69. The van der Waals surface area contributed by atoms with Gasteiger partial charge in [-0.2, -0.15) is 0 Å². The van der Waals surface area contributed by atoms with Crippen LogP contribution in [0.1, 0.15) is 0 Å². The molecule has 11 aromatic rings. The molecule has 4 aromatic heterocycles. The predicted molar refractivity (Wildman–Crippen MR) is 204 cm³/mol. The summed E-state index contributed by atoms with van der Waals surface area (Å²) in [6.45, 7) is 0. The van der Waals surface area contributed by atoms with E-state index in [1.165, 1.54) is 21.5 Å². The number of aromatic nitrogens is 4. The van der Waals surface area contributed by atoms with Gasteiger partial charge in [-0.25, -0.2) is 15.0 Å². The Morgan fingerprint density at radius 3 is 1.66 bits per heavy atom. The fraction of sp³-hybridized carbons (Fsp3) is 0. The van der Waals surface area contributed by atoms with E-state index >= 15 is 0 Å². The Hall–Kier alpha value is -6.85. The van der Waals surface area contributed by atoms with E-state index in [0.29, 0.717) is 17.5 Å². The van der Waals surface area contributed by atoms with Gasteiger partial charge in [-0.05, 0) is 46.7 Å². The van der Waals surface area contributed by atoms with Gasteiger partial charge in [-0.1, -0.05) is 127 Å². The van der Waals surface area contributed by atoms with E-state index in [9.17, 15) is 0 Å². The molecular weight excluding hydrogens is 613 g/mol. The van der Waals surface area contributed by atoms with E-state index in [4.69, 9.17) is 19.4 Å². The lowest BCUT2D eigenvalue weighted by molar-refractivity contribution is 0.674. The summed E-state index contributed by atoms with van der Waals surface area (Å²) < 4.78 is 9.42. The van der Waals surface area contributed by atoms with Crippen molar-refractivity contribution in [2.24, 2.45) is 0 Å². The van der Waals surface area contributed by atoms with Crippen molar-refractivity contribution in [3.8, 4) is 45.3 Å². The maximum Gasteiger partial charge on any atom is 0.164 e. The van der Waals surface area contributed by atoms with Crippen molar-refractivity contribution >= 4 is 60.0 Å². The SMILES string of the molecule is c1ccc(-c2nc(-c3ccccc3)nc(-c3cccc(-c4cc5cccc6c7ccccc7n7c8ccccc8c8oc4c(c56)c87)c3)n2)cc1. The van der Waals surface area contributed by atoms with Crippen molar-refractivity contribution in [1.29, 1.82) is 0 Å². The largest absolute Gasteiger partial charge is 0.453 e. The van der Waals surface area contributed by atoms with Crippen molar-refractivity contribution in [2.45, 2.75) is 0 Å². The van der Waals surface area contributed by atoms with Crippen molar-refractivity contribution < 1.29 is 4.42 Å². The van der Waals surface area contributed by atoms with Crippen LogP contribution in [0.15, 0.2) is 162 Å². The zero-order valence-electron chi connectivity index (χ0n) is 26.7. The summed E-state index contributed by atoms with van der Waals surface area (Å²) in [7, 11) is 0. The number of furan rings is 1. The van der Waals surface area contributed by atoms with E-state index in [0.717, 1.165) is 66.3 Å². The van der Waals surface area contributed by atoms with Gasteiger partial charge in [0, 0.05) is 38.4 Å². The molecule has 5 nitrogen and oxygen atoms in total. The van der Waals surface area contributed by atoms with Crippen molar-refractivity contribution in [3.05, 3.63) is 158 Å². The van der Waals surface area contributed by atoms with E-state index in [-0.39, 0.29) is 0 Å². The molecule has 0 amide bonds. The summed E-state index contributed by atoms with van der Waals surface area (Å²) in [5, 5.41) is 7.06. The van der Waals surface area contributed by atoms with Gasteiger partial charge in [0.1, 0.15) is 11.1 Å². The van der Waals surface area contributed by atoms with E-state index < -0.39 is 0 Å². The van der Waals surface area contributed by atoms with Gasteiger partial charge in [0.25, 0.3) is 0 Å². The molecule has 0 N–H and O–H groups in total. The highest BCUT2D eigenvalue weighted by molar-refractivity contribution is 6.33. The van der Waals surface area contributed by atoms with Crippen LogP contribution in [0.4, 0.5) is 0 Å². The summed E-state index contributed by atoms with van der Waals surface area (Å²) in [6, 6.07) is 54.8. The molecule has 50 heavy (non-hydrogen) atoms. The van der Waals surface area contributed by atoms with E-state index in [1.54, 1.807) is 0 Å². The third-order valence-electron chi connectivity index (χ3n) is 9.95. The van der Waals surface area contributed by atoms with Crippen LogP contribution < -0.4 is 0 Å². The standard InChI is InChI=1S/C45H26N4O/c1-3-13-27(14-4-1)43-46-44(28-15-5-2-6-16-28)48-45(47-43)31-19-11-17-29(25-31)35-26-30-18-12-22-33-32-20-7-9-23-36(32)49-37-24-10-8-21-34(37)42-40(49)39(38(30)33)41(35)50-42/h1-26H. The lowest BCUT2D eigenvalue weighted by Gasteiger charge is -2.11. The van der Waals surface area contributed by atoms with Crippen molar-refractivity contribution in [1.82, 2.24) is 19.4 Å². The zero-order valence-corrected chi connectivity index (χ0v) is 26.7. The van der Waals surface area contributed by atoms with Gasteiger partial charge < -0.3 is 8.82 Å². The lowest BCUT2D eigenvalue weighted by Crippen LogP contribution is -2.00. The van der Waals surface area contributed by atoms with Crippen LogP contribution in [0.5, 0.6) is 0 Å². The minimum atomic E-state index is 0.620. The van der Waals surface area contributed by atoms with E-state index in [1.807, 2.05) is 60.7 Å². The molecule has 0 aliphatic rings. The van der Waals surface area contributed by atoms with Crippen molar-refractivity contribution in [2.75, 3.05) is 0 Å². The highest BCUT2D eigenvalue weighted by Crippen LogP contribution is 2.47. The molecule has 0 unspecified atom stereocenters. The molecule has 0 atom stereocenters. The predicted octanol–water partition coefficient (Wildman–Crippen LogP) is 11.6. The minimum absolute atomic E-state index is 0.620. The lowest BCUT2D eigenvalue weighted by atomic mass is 9.94. The number of fused-ring (bicyclic) bond motifs is 6. The Balaban J connectivity index is 1.20. The topological polar surface area (TPSA) is 56.2 Å². The minimum Gasteiger partial charge on any atom is -0.453 e. The first-order valence-electron chi connectivity index (χ1n) is 16.8. The molecule has 0 saturated carbocycles. The van der Waals surface area contributed by atoms with Crippen molar-refractivity contribution in [3.63, 3.8) is 0 Å². The molecule has 0 saturated heterocycles. The van der Waals surface area contributed by atoms with Crippen LogP contribution in [0.2, 0.25) is 0 Å². The Morgan fingerprint density at radius 2 is 0.940 bits per heavy atom. The first kappa shape index (κ1) is 27.1. The number of hydrogen-bond acceptors (Lipinski definition) is 4. The number of benzene rings is 7. The number of hydrogen-bond donors (Lipinski definition) is 0. The molecule has 0 radical (unpaired) electrons. The van der Waals surface area contributed by atoms with Crippen LogP contribution >= 0.6 is 0 Å². The number of para-hydroxylation sites is 2. The van der Waals surface area contributed by atoms with Crippen LogP contribution in [-0.2, 0) is 0 Å². The molecule has 232 valence electrons. The van der Waals surface area contributed by atoms with Gasteiger partial charge in [0.05, 0.1) is 16.4 Å². The maximum atomic E-state index is 7.02. The fourth-order valence-electron chi connectivity index (χ4n) is 7.76. The Bertz CT molecular complexity index is 3030. The second-order valence-electron chi connectivity index (χ2n) is 12.8. The molecule has 0 aliphatic carbocycles. The third kappa shape index (κ3) is 3.86. The van der Waals surface area contributed by atoms with Gasteiger partial charge in [0.2, 0.25) is 0 Å². The van der Waals surface area contributed by atoms with Gasteiger partial charge >= 0.3 is 0 Å². The zero-order chi connectivity index (χ0) is 32.8. The number of nitrogens with zero attached hydrogens (tertiary/aromatic N) is 4. The quantitative estimate of drug-likeness (QED) is 0.192. The molecule has 0 aliphatic heterocycles. The summed E-state index contributed by atoms with van der Waals surface area (Å²) in [5.74, 6) is 1.90. The van der Waals surface area contributed by atoms with E-state index in [2.05, 4.69) is 101 Å². The van der Waals surface area contributed by atoms with Crippen LogP contribution in [0, 0.1) is 0 Å². The number of rotatable bonds is 4. The molecule has 11 rings (SSSR count). The summed E-state index contributed by atoms with van der Waals surface area (Å²) in [6.07, 6.45) is 0. The Morgan fingerprint density at radius 1 is 0.400 bits per heavy atom. The molecule has 0 bridgehead atoms. The smallest absolute Gasteiger partial charge is 0.164 e. The monoisotopic (exact) mass is 638 g/mol. The first-order chi connectivity index (χ1) is 24.8.